The number of para-hydroxylation sites is 2. The topological polar surface area (TPSA) is 38.8 Å². The van der Waals surface area contributed by atoms with Crippen LogP contribution in [0.2, 0.25) is 5.02 Å². The summed E-state index contributed by atoms with van der Waals surface area (Å²) < 4.78 is 24.1. The maximum absolute atomic E-state index is 13.4. The SMILES string of the molecule is CN(CCOc1ccccc1F)C(=O)COc1ccccc1Cl. The molecule has 23 heavy (non-hydrogen) atoms. The molecular formula is C17H17ClFNO3. The van der Waals surface area contributed by atoms with Crippen molar-refractivity contribution in [1.82, 2.24) is 4.90 Å². The van der Waals surface area contributed by atoms with E-state index < -0.39 is 5.82 Å². The number of benzene rings is 2. The molecule has 0 atom stereocenters. The fraction of sp³-hybridized carbons (Fsp3) is 0.235. The van der Waals surface area contributed by atoms with Gasteiger partial charge in [0.05, 0.1) is 11.6 Å². The summed E-state index contributed by atoms with van der Waals surface area (Å²) in [4.78, 5) is 13.4. The zero-order chi connectivity index (χ0) is 16.7. The second kappa shape index (κ2) is 8.39. The maximum atomic E-state index is 13.4. The number of ether oxygens (including phenoxy) is 2. The Kier molecular flexibility index (Phi) is 6.23. The van der Waals surface area contributed by atoms with Gasteiger partial charge in [-0.25, -0.2) is 4.39 Å². The van der Waals surface area contributed by atoms with E-state index in [0.29, 0.717) is 17.3 Å². The standard InChI is InChI=1S/C17H17ClFNO3/c1-20(10-11-22-16-9-5-3-7-14(16)19)17(21)12-23-15-8-4-2-6-13(15)18/h2-9H,10-12H2,1H3. The first-order chi connectivity index (χ1) is 11.1. The van der Waals surface area contributed by atoms with Gasteiger partial charge < -0.3 is 14.4 Å². The highest BCUT2D eigenvalue weighted by Gasteiger charge is 2.11. The number of rotatable bonds is 7. The molecule has 0 aliphatic carbocycles. The maximum Gasteiger partial charge on any atom is 0.260 e. The van der Waals surface area contributed by atoms with Crippen LogP contribution in [0.1, 0.15) is 0 Å². The van der Waals surface area contributed by atoms with Gasteiger partial charge in [0.2, 0.25) is 0 Å². The minimum atomic E-state index is -0.427. The van der Waals surface area contributed by atoms with Crippen molar-refractivity contribution < 1.29 is 18.7 Å². The summed E-state index contributed by atoms with van der Waals surface area (Å²) in [6, 6.07) is 13.1. The molecular weight excluding hydrogens is 321 g/mol. The fourth-order valence-electron chi connectivity index (χ4n) is 1.79. The highest BCUT2D eigenvalue weighted by atomic mass is 35.5. The van der Waals surface area contributed by atoms with E-state index in [-0.39, 0.29) is 24.9 Å². The summed E-state index contributed by atoms with van der Waals surface area (Å²) in [6.07, 6.45) is 0. The third-order valence-electron chi connectivity index (χ3n) is 3.13. The summed E-state index contributed by atoms with van der Waals surface area (Å²) >= 11 is 5.95. The highest BCUT2D eigenvalue weighted by Crippen LogP contribution is 2.22. The number of halogens is 2. The number of carbonyl (C=O) groups excluding carboxylic acids is 1. The van der Waals surface area contributed by atoms with Gasteiger partial charge in [0.1, 0.15) is 12.4 Å². The average molecular weight is 338 g/mol. The van der Waals surface area contributed by atoms with Crippen LogP contribution in [0.4, 0.5) is 4.39 Å². The predicted molar refractivity (Wildman–Crippen MR) is 86.5 cm³/mol. The molecule has 0 fully saturated rings. The van der Waals surface area contributed by atoms with Crippen molar-refractivity contribution >= 4 is 17.5 Å². The van der Waals surface area contributed by atoms with Crippen molar-refractivity contribution in [1.29, 1.82) is 0 Å². The minimum absolute atomic E-state index is 0.125. The van der Waals surface area contributed by atoms with E-state index in [1.807, 2.05) is 0 Å². The molecule has 0 aliphatic heterocycles. The Morgan fingerprint density at radius 3 is 2.43 bits per heavy atom. The molecule has 122 valence electrons. The van der Waals surface area contributed by atoms with Crippen LogP contribution in [-0.4, -0.2) is 37.6 Å². The lowest BCUT2D eigenvalue weighted by molar-refractivity contribution is -0.132. The predicted octanol–water partition coefficient (Wildman–Crippen LogP) is 3.40. The first-order valence-corrected chi connectivity index (χ1v) is 7.44. The van der Waals surface area contributed by atoms with Gasteiger partial charge in [-0.2, -0.15) is 0 Å². The smallest absolute Gasteiger partial charge is 0.260 e. The van der Waals surface area contributed by atoms with Gasteiger partial charge in [-0.05, 0) is 24.3 Å². The molecule has 1 amide bonds. The van der Waals surface area contributed by atoms with Gasteiger partial charge in [-0.15, -0.1) is 0 Å². The molecule has 0 saturated heterocycles. The molecule has 0 bridgehead atoms. The molecule has 0 heterocycles. The number of carbonyl (C=O) groups is 1. The summed E-state index contributed by atoms with van der Waals surface area (Å²) in [5.41, 5.74) is 0. The molecule has 0 aromatic heterocycles. The number of nitrogens with zero attached hydrogens (tertiary/aromatic N) is 1. The number of hydrogen-bond donors (Lipinski definition) is 0. The van der Waals surface area contributed by atoms with Crippen LogP contribution >= 0.6 is 11.6 Å². The van der Waals surface area contributed by atoms with E-state index >= 15 is 0 Å². The molecule has 0 spiro atoms. The Morgan fingerprint density at radius 1 is 1.09 bits per heavy atom. The van der Waals surface area contributed by atoms with Crippen LogP contribution in [0.15, 0.2) is 48.5 Å². The lowest BCUT2D eigenvalue weighted by Gasteiger charge is -2.18. The molecule has 2 aromatic rings. The van der Waals surface area contributed by atoms with Crippen LogP contribution < -0.4 is 9.47 Å². The van der Waals surface area contributed by atoms with Gasteiger partial charge in [0.15, 0.2) is 18.2 Å². The van der Waals surface area contributed by atoms with Gasteiger partial charge in [0, 0.05) is 7.05 Å². The van der Waals surface area contributed by atoms with Crippen molar-refractivity contribution in [2.75, 3.05) is 26.8 Å². The van der Waals surface area contributed by atoms with Crippen LogP contribution in [-0.2, 0) is 4.79 Å². The normalized spacial score (nSPS) is 10.2. The monoisotopic (exact) mass is 337 g/mol. The summed E-state index contributed by atoms with van der Waals surface area (Å²) in [7, 11) is 1.63. The zero-order valence-electron chi connectivity index (χ0n) is 12.7. The van der Waals surface area contributed by atoms with E-state index in [4.69, 9.17) is 21.1 Å². The molecule has 0 radical (unpaired) electrons. The van der Waals surface area contributed by atoms with Gasteiger partial charge >= 0.3 is 0 Å². The number of amides is 1. The van der Waals surface area contributed by atoms with Crippen LogP contribution in [0.3, 0.4) is 0 Å². The summed E-state index contributed by atoms with van der Waals surface area (Å²) in [5.74, 6) is -0.0234. The second-order valence-corrected chi connectivity index (χ2v) is 5.22. The number of hydrogen-bond acceptors (Lipinski definition) is 3. The molecule has 4 nitrogen and oxygen atoms in total. The first-order valence-electron chi connectivity index (χ1n) is 7.06. The quantitative estimate of drug-likeness (QED) is 0.777. The zero-order valence-corrected chi connectivity index (χ0v) is 13.4. The van der Waals surface area contributed by atoms with Crippen molar-refractivity contribution in [3.8, 4) is 11.5 Å². The van der Waals surface area contributed by atoms with E-state index in [0.717, 1.165) is 0 Å². The summed E-state index contributed by atoms with van der Waals surface area (Å²) in [6.45, 7) is 0.383. The lowest BCUT2D eigenvalue weighted by atomic mass is 10.3. The Morgan fingerprint density at radius 2 is 1.74 bits per heavy atom. The average Bonchev–Trinajstić information content (AvgIpc) is 2.55. The highest BCUT2D eigenvalue weighted by molar-refractivity contribution is 6.32. The molecule has 2 aromatic carbocycles. The molecule has 0 N–H and O–H groups in total. The van der Waals surface area contributed by atoms with Gasteiger partial charge in [0.25, 0.3) is 5.91 Å². The Bertz CT molecular complexity index is 666. The van der Waals surface area contributed by atoms with Crippen molar-refractivity contribution in [3.63, 3.8) is 0 Å². The third kappa shape index (κ3) is 5.14. The summed E-state index contributed by atoms with van der Waals surface area (Å²) in [5, 5.41) is 0.450. The molecule has 0 saturated carbocycles. The van der Waals surface area contributed by atoms with E-state index in [1.54, 1.807) is 43.4 Å². The first kappa shape index (κ1) is 17.1. The molecule has 6 heteroatoms. The molecule has 0 aliphatic rings. The van der Waals surface area contributed by atoms with E-state index in [9.17, 15) is 9.18 Å². The van der Waals surface area contributed by atoms with Crippen LogP contribution in [0, 0.1) is 5.82 Å². The second-order valence-electron chi connectivity index (χ2n) is 4.81. The largest absolute Gasteiger partial charge is 0.489 e. The van der Waals surface area contributed by atoms with E-state index in [1.165, 1.54) is 17.0 Å². The Hall–Kier alpha value is -2.27. The van der Waals surface area contributed by atoms with Gasteiger partial charge in [-0.1, -0.05) is 35.9 Å². The van der Waals surface area contributed by atoms with Crippen LogP contribution in [0.25, 0.3) is 0 Å². The molecule has 2 rings (SSSR count). The van der Waals surface area contributed by atoms with E-state index in [2.05, 4.69) is 0 Å². The minimum Gasteiger partial charge on any atom is -0.489 e. The fourth-order valence-corrected chi connectivity index (χ4v) is 1.98. The molecule has 0 unspecified atom stereocenters. The number of likely N-dealkylation sites (N-methyl/N-ethyl adjacent to an activating group) is 1. The van der Waals surface area contributed by atoms with Gasteiger partial charge in [-0.3, -0.25) is 4.79 Å². The van der Waals surface area contributed by atoms with Crippen molar-refractivity contribution in [2.45, 2.75) is 0 Å². The Balaban J connectivity index is 1.75. The van der Waals surface area contributed by atoms with Crippen molar-refractivity contribution in [2.24, 2.45) is 0 Å². The van der Waals surface area contributed by atoms with Crippen LogP contribution in [0.5, 0.6) is 11.5 Å². The van der Waals surface area contributed by atoms with Crippen molar-refractivity contribution in [3.05, 3.63) is 59.4 Å². The lowest BCUT2D eigenvalue weighted by Crippen LogP contribution is -2.34. The third-order valence-corrected chi connectivity index (χ3v) is 3.45. The Labute approximate surface area is 139 Å².